The van der Waals surface area contributed by atoms with Crippen LogP contribution in [0.4, 0.5) is 9.57 Å². The highest BCUT2D eigenvalue weighted by Gasteiger charge is 2.14. The van der Waals surface area contributed by atoms with E-state index in [-0.39, 0.29) is 11.3 Å². The van der Waals surface area contributed by atoms with Gasteiger partial charge in [-0.3, -0.25) is 9.78 Å². The Balaban J connectivity index is 2.23. The van der Waals surface area contributed by atoms with Crippen LogP contribution in [-0.2, 0) is 10.5 Å². The van der Waals surface area contributed by atoms with Crippen molar-refractivity contribution in [1.29, 1.82) is 0 Å². The number of carbonyl (C=O) groups excluding carboxylic acids is 1. The first-order chi connectivity index (χ1) is 10.3. The van der Waals surface area contributed by atoms with Crippen molar-refractivity contribution in [2.45, 2.75) is 13.8 Å². The number of carbonyl (C=O) groups is 1. The molecule has 0 atom stereocenters. The number of pyridine rings is 1. The zero-order chi connectivity index (χ0) is 16.3. The number of aromatic nitrogens is 1. The van der Waals surface area contributed by atoms with Crippen LogP contribution in [0.2, 0.25) is 0 Å². The van der Waals surface area contributed by atoms with Gasteiger partial charge in [-0.2, -0.15) is 8.42 Å². The number of anilines is 1. The Hall–Kier alpha value is -2.48. The molecule has 0 saturated carbocycles. The number of amides is 1. The molecule has 0 aliphatic rings. The summed E-state index contributed by atoms with van der Waals surface area (Å²) in [6.07, 6.45) is 2.21. The fourth-order valence-electron chi connectivity index (χ4n) is 1.78. The van der Waals surface area contributed by atoms with Crippen molar-refractivity contribution in [3.8, 4) is 5.75 Å². The van der Waals surface area contributed by atoms with Gasteiger partial charge in [-0.25, -0.2) is 0 Å². The lowest BCUT2D eigenvalue weighted by Gasteiger charge is -2.10. The fraction of sp³-hybridized carbons (Fsp3) is 0.143. The van der Waals surface area contributed by atoms with Gasteiger partial charge in [0, 0.05) is 11.9 Å². The molecule has 1 aromatic carbocycles. The van der Waals surface area contributed by atoms with Gasteiger partial charge in [-0.15, -0.1) is 0 Å². The van der Waals surface area contributed by atoms with Crippen molar-refractivity contribution < 1.29 is 21.3 Å². The second-order valence-electron chi connectivity index (χ2n) is 4.59. The molecule has 22 heavy (non-hydrogen) atoms. The molecule has 1 amide bonds. The topological polar surface area (TPSA) is 85.4 Å². The smallest absolute Gasteiger partial charge is 0.357 e. The first kappa shape index (κ1) is 15.9. The van der Waals surface area contributed by atoms with Crippen molar-refractivity contribution in [1.82, 2.24) is 4.98 Å². The number of hydrogen-bond acceptors (Lipinski definition) is 5. The summed E-state index contributed by atoms with van der Waals surface area (Å²) < 4.78 is 37.4. The predicted octanol–water partition coefficient (Wildman–Crippen LogP) is 2.54. The molecule has 2 rings (SSSR count). The highest BCUT2D eigenvalue weighted by atomic mass is 32.3. The Labute approximate surface area is 127 Å². The first-order valence-corrected chi connectivity index (χ1v) is 7.54. The van der Waals surface area contributed by atoms with E-state index in [0.717, 1.165) is 23.4 Å². The molecule has 6 nitrogen and oxygen atoms in total. The number of nitrogens with one attached hydrogen (secondary N) is 1. The summed E-state index contributed by atoms with van der Waals surface area (Å²) in [5.74, 6) is -0.890. The maximum absolute atomic E-state index is 12.5. The van der Waals surface area contributed by atoms with Crippen LogP contribution in [0.25, 0.3) is 0 Å². The molecule has 0 aliphatic carbocycles. The van der Waals surface area contributed by atoms with Crippen LogP contribution in [-0.4, -0.2) is 19.3 Å². The quantitative estimate of drug-likeness (QED) is 0.874. The van der Waals surface area contributed by atoms with Gasteiger partial charge in [0.15, 0.2) is 5.75 Å². The fourth-order valence-corrected chi connectivity index (χ4v) is 2.11. The van der Waals surface area contributed by atoms with E-state index in [1.165, 1.54) is 6.20 Å². The summed E-state index contributed by atoms with van der Waals surface area (Å²) in [6.45, 7) is 3.77. The number of halogens is 1. The van der Waals surface area contributed by atoms with E-state index >= 15 is 0 Å². The molecule has 0 bridgehead atoms. The number of rotatable bonds is 4. The minimum absolute atomic E-state index is 0.0436. The SMILES string of the molecule is Cc1cccc(NC(=O)c2cncc(OS(=O)(=O)F)c2)c1C. The molecule has 0 fully saturated rings. The molecule has 116 valence electrons. The largest absolute Gasteiger partial charge is 0.488 e. The standard InChI is InChI=1S/C14H13FN2O4S/c1-9-4-3-5-13(10(9)2)17-14(18)11-6-12(8-16-7-11)21-22(15,19)20/h3-8H,1-2H3,(H,17,18). The van der Waals surface area contributed by atoms with Gasteiger partial charge in [-0.1, -0.05) is 16.0 Å². The molecule has 1 N–H and O–H groups in total. The van der Waals surface area contributed by atoms with Crippen LogP contribution in [0.5, 0.6) is 5.75 Å². The lowest BCUT2D eigenvalue weighted by molar-refractivity contribution is 0.102. The van der Waals surface area contributed by atoms with Gasteiger partial charge in [0.2, 0.25) is 0 Å². The Morgan fingerprint density at radius 3 is 2.68 bits per heavy atom. The molecular weight excluding hydrogens is 311 g/mol. The third-order valence-corrected chi connectivity index (χ3v) is 3.42. The summed E-state index contributed by atoms with van der Waals surface area (Å²) in [7, 11) is -5.16. The Bertz CT molecular complexity index is 821. The highest BCUT2D eigenvalue weighted by Crippen LogP contribution is 2.20. The molecule has 1 aromatic heterocycles. The molecule has 0 unspecified atom stereocenters. The maximum atomic E-state index is 12.5. The summed E-state index contributed by atoms with van der Waals surface area (Å²) in [6, 6.07) is 6.53. The van der Waals surface area contributed by atoms with Crippen molar-refractivity contribution in [2.24, 2.45) is 0 Å². The lowest BCUT2D eigenvalue weighted by Crippen LogP contribution is -2.14. The van der Waals surface area contributed by atoms with Crippen molar-refractivity contribution >= 4 is 22.1 Å². The van der Waals surface area contributed by atoms with Gasteiger partial charge < -0.3 is 9.50 Å². The molecule has 0 saturated heterocycles. The number of nitrogens with zero attached hydrogens (tertiary/aromatic N) is 1. The van der Waals surface area contributed by atoms with Gasteiger partial charge >= 0.3 is 10.5 Å². The van der Waals surface area contributed by atoms with Gasteiger partial charge in [-0.05, 0) is 37.1 Å². The first-order valence-electron chi connectivity index (χ1n) is 6.23. The minimum Gasteiger partial charge on any atom is -0.357 e. The third-order valence-electron chi connectivity index (χ3n) is 3.02. The van der Waals surface area contributed by atoms with Crippen LogP contribution in [0.15, 0.2) is 36.7 Å². The van der Waals surface area contributed by atoms with E-state index < -0.39 is 16.4 Å². The average Bonchev–Trinajstić information content (AvgIpc) is 2.42. The van der Waals surface area contributed by atoms with Gasteiger partial charge in [0.05, 0.1) is 11.8 Å². The lowest BCUT2D eigenvalue weighted by atomic mass is 10.1. The summed E-state index contributed by atoms with van der Waals surface area (Å²) in [5, 5.41) is 2.68. The summed E-state index contributed by atoms with van der Waals surface area (Å²) in [4.78, 5) is 15.8. The highest BCUT2D eigenvalue weighted by molar-refractivity contribution is 7.81. The monoisotopic (exact) mass is 324 g/mol. The number of hydrogen-bond donors (Lipinski definition) is 1. The van der Waals surface area contributed by atoms with Crippen LogP contribution in [0.3, 0.4) is 0 Å². The van der Waals surface area contributed by atoms with Gasteiger partial charge in [0.1, 0.15) is 0 Å². The number of aryl methyl sites for hydroxylation is 1. The normalized spacial score (nSPS) is 11.0. The second-order valence-corrected chi connectivity index (χ2v) is 5.54. The Morgan fingerprint density at radius 2 is 2.00 bits per heavy atom. The van der Waals surface area contributed by atoms with Crippen LogP contribution in [0.1, 0.15) is 21.5 Å². The van der Waals surface area contributed by atoms with Gasteiger partial charge in [0.25, 0.3) is 5.91 Å². The maximum Gasteiger partial charge on any atom is 0.488 e. The third kappa shape index (κ3) is 4.01. The predicted molar refractivity (Wildman–Crippen MR) is 78.8 cm³/mol. The van der Waals surface area contributed by atoms with Crippen molar-refractivity contribution in [3.63, 3.8) is 0 Å². The second kappa shape index (κ2) is 6.10. The van der Waals surface area contributed by atoms with Crippen molar-refractivity contribution in [2.75, 3.05) is 5.32 Å². The van der Waals surface area contributed by atoms with Crippen LogP contribution >= 0.6 is 0 Å². The molecule has 0 radical (unpaired) electrons. The van der Waals surface area contributed by atoms with E-state index in [1.54, 1.807) is 12.1 Å². The van der Waals surface area contributed by atoms with E-state index in [2.05, 4.69) is 14.5 Å². The van der Waals surface area contributed by atoms with E-state index in [0.29, 0.717) is 5.69 Å². The van der Waals surface area contributed by atoms with Crippen LogP contribution in [0, 0.1) is 13.8 Å². The zero-order valence-corrected chi connectivity index (χ0v) is 12.6. The van der Waals surface area contributed by atoms with Crippen molar-refractivity contribution in [3.05, 3.63) is 53.3 Å². The zero-order valence-electron chi connectivity index (χ0n) is 11.8. The van der Waals surface area contributed by atoms with Crippen LogP contribution < -0.4 is 9.50 Å². The minimum atomic E-state index is -5.16. The molecular formula is C14H13FN2O4S. The van der Waals surface area contributed by atoms with E-state index in [1.807, 2.05) is 19.9 Å². The summed E-state index contributed by atoms with van der Waals surface area (Å²) >= 11 is 0. The molecule has 2 aromatic rings. The number of benzene rings is 1. The van der Waals surface area contributed by atoms with E-state index in [9.17, 15) is 17.1 Å². The average molecular weight is 324 g/mol. The molecule has 0 spiro atoms. The Kier molecular flexibility index (Phi) is 4.41. The van der Waals surface area contributed by atoms with E-state index in [4.69, 9.17) is 0 Å². The summed E-state index contributed by atoms with van der Waals surface area (Å²) in [5.41, 5.74) is 2.58. The molecule has 0 aliphatic heterocycles. The Morgan fingerprint density at radius 1 is 1.27 bits per heavy atom. The molecule has 1 heterocycles. The molecule has 8 heteroatoms.